The zero-order valence-corrected chi connectivity index (χ0v) is 7.03. The van der Waals surface area contributed by atoms with E-state index in [9.17, 15) is 4.79 Å². The highest BCUT2D eigenvalue weighted by Gasteiger charge is 2.26. The Kier molecular flexibility index (Phi) is 1.67. The van der Waals surface area contributed by atoms with Crippen molar-refractivity contribution in [3.8, 4) is 0 Å². The van der Waals surface area contributed by atoms with Crippen molar-refractivity contribution < 1.29 is 4.79 Å². The van der Waals surface area contributed by atoms with Gasteiger partial charge in [0.25, 0.3) is 0 Å². The zero-order chi connectivity index (χ0) is 8.55. The van der Waals surface area contributed by atoms with Gasteiger partial charge in [-0.05, 0) is 18.8 Å². The van der Waals surface area contributed by atoms with Crippen LogP contribution in [0.15, 0.2) is 6.20 Å². The Balaban J connectivity index is 2.07. The molecule has 64 valence electrons. The normalized spacial score (nSPS) is 16.4. The summed E-state index contributed by atoms with van der Waals surface area (Å²) in [6.07, 6.45) is 4.61. The predicted octanol–water partition coefficient (Wildman–Crippen LogP) is 0.798. The van der Waals surface area contributed by atoms with Gasteiger partial charge < -0.3 is 0 Å². The maximum atomic E-state index is 11.5. The van der Waals surface area contributed by atoms with Crippen LogP contribution in [-0.2, 0) is 7.05 Å². The molecule has 0 radical (unpaired) electrons. The minimum atomic E-state index is 0.171. The molecule has 0 saturated heterocycles. The summed E-state index contributed by atoms with van der Waals surface area (Å²) in [6.45, 7) is 0. The van der Waals surface area contributed by atoms with Crippen LogP contribution in [0, 0.1) is 5.92 Å². The van der Waals surface area contributed by atoms with Crippen molar-refractivity contribution in [3.63, 3.8) is 0 Å². The number of rotatable bonds is 3. The van der Waals surface area contributed by atoms with Crippen molar-refractivity contribution in [2.24, 2.45) is 13.0 Å². The van der Waals surface area contributed by atoms with Crippen molar-refractivity contribution >= 4 is 5.78 Å². The van der Waals surface area contributed by atoms with Gasteiger partial charge in [0.1, 0.15) is 5.69 Å². The molecule has 1 heterocycles. The quantitative estimate of drug-likeness (QED) is 0.622. The van der Waals surface area contributed by atoms with Crippen LogP contribution in [0.25, 0.3) is 0 Å². The molecule has 0 aromatic carbocycles. The lowest BCUT2D eigenvalue weighted by molar-refractivity contribution is 0.0967. The Morgan fingerprint density at radius 1 is 1.75 bits per heavy atom. The molecular weight excluding hydrogens is 154 g/mol. The van der Waals surface area contributed by atoms with Crippen LogP contribution in [0.4, 0.5) is 0 Å². The Bertz CT molecular complexity index is 301. The highest BCUT2D eigenvalue weighted by Crippen LogP contribution is 2.33. The largest absolute Gasteiger partial charge is 0.292 e. The molecule has 1 aromatic heterocycles. The molecule has 0 unspecified atom stereocenters. The first-order valence-electron chi connectivity index (χ1n) is 4.15. The summed E-state index contributed by atoms with van der Waals surface area (Å²) >= 11 is 0. The van der Waals surface area contributed by atoms with Crippen LogP contribution in [-0.4, -0.2) is 20.8 Å². The van der Waals surface area contributed by atoms with Crippen LogP contribution in [0.2, 0.25) is 0 Å². The first-order chi connectivity index (χ1) is 5.77. The van der Waals surface area contributed by atoms with E-state index in [1.54, 1.807) is 7.05 Å². The fourth-order valence-corrected chi connectivity index (χ4v) is 1.23. The van der Waals surface area contributed by atoms with Gasteiger partial charge in [0.05, 0.1) is 6.20 Å². The van der Waals surface area contributed by atoms with E-state index in [0.717, 1.165) is 0 Å². The molecule has 0 aliphatic heterocycles. The van der Waals surface area contributed by atoms with E-state index in [4.69, 9.17) is 0 Å². The molecule has 1 saturated carbocycles. The topological polar surface area (TPSA) is 47.8 Å². The third kappa shape index (κ3) is 1.37. The Morgan fingerprint density at radius 2 is 2.50 bits per heavy atom. The molecule has 0 spiro atoms. The minimum Gasteiger partial charge on any atom is -0.292 e. The summed E-state index contributed by atoms with van der Waals surface area (Å²) in [5.74, 6) is 0.803. The number of aryl methyl sites for hydroxylation is 1. The lowest BCUT2D eigenvalue weighted by atomic mass is 10.1. The second-order valence-corrected chi connectivity index (χ2v) is 3.31. The van der Waals surface area contributed by atoms with E-state index in [1.807, 2.05) is 0 Å². The highest BCUT2D eigenvalue weighted by atomic mass is 16.1. The van der Waals surface area contributed by atoms with Crippen molar-refractivity contribution in [2.75, 3.05) is 0 Å². The lowest BCUT2D eigenvalue weighted by Crippen LogP contribution is -2.07. The molecule has 1 aliphatic carbocycles. The van der Waals surface area contributed by atoms with Gasteiger partial charge in [-0.15, -0.1) is 5.10 Å². The van der Waals surface area contributed by atoms with Crippen LogP contribution in [0.5, 0.6) is 0 Å². The number of carbonyl (C=O) groups excluding carboxylic acids is 1. The first-order valence-corrected chi connectivity index (χ1v) is 4.15. The highest BCUT2D eigenvalue weighted by molar-refractivity contribution is 5.94. The fourth-order valence-electron chi connectivity index (χ4n) is 1.23. The van der Waals surface area contributed by atoms with Crippen molar-refractivity contribution in [3.05, 3.63) is 11.9 Å². The maximum absolute atomic E-state index is 11.5. The summed E-state index contributed by atoms with van der Waals surface area (Å²) in [5, 5.41) is 7.37. The molecule has 12 heavy (non-hydrogen) atoms. The molecule has 1 fully saturated rings. The van der Waals surface area contributed by atoms with E-state index in [-0.39, 0.29) is 5.78 Å². The molecule has 0 N–H and O–H groups in total. The summed E-state index contributed by atoms with van der Waals surface area (Å²) in [4.78, 5) is 11.5. The molecule has 0 atom stereocenters. The van der Waals surface area contributed by atoms with Gasteiger partial charge in [-0.2, -0.15) is 0 Å². The first kappa shape index (κ1) is 7.46. The maximum Gasteiger partial charge on any atom is 0.182 e. The number of carbonyl (C=O) groups is 1. The Hall–Kier alpha value is -1.19. The molecule has 0 amide bonds. The second-order valence-electron chi connectivity index (χ2n) is 3.31. The Labute approximate surface area is 70.6 Å². The van der Waals surface area contributed by atoms with E-state index >= 15 is 0 Å². The van der Waals surface area contributed by atoms with Crippen LogP contribution in [0.3, 0.4) is 0 Å². The fraction of sp³-hybridized carbons (Fsp3) is 0.625. The summed E-state index contributed by atoms with van der Waals surface area (Å²) in [6, 6.07) is 0. The smallest absolute Gasteiger partial charge is 0.182 e. The summed E-state index contributed by atoms with van der Waals surface area (Å²) < 4.78 is 1.53. The molecule has 4 nitrogen and oxygen atoms in total. The number of aromatic nitrogens is 3. The third-order valence-electron chi connectivity index (χ3n) is 2.17. The van der Waals surface area contributed by atoms with Crippen LogP contribution < -0.4 is 0 Å². The van der Waals surface area contributed by atoms with Gasteiger partial charge in [0.2, 0.25) is 0 Å². The molecule has 0 bridgehead atoms. The number of nitrogens with zero attached hydrogens (tertiary/aromatic N) is 3. The SMILES string of the molecule is Cn1nncc1C(=O)CC1CC1. The van der Waals surface area contributed by atoms with E-state index < -0.39 is 0 Å². The zero-order valence-electron chi connectivity index (χ0n) is 7.03. The van der Waals surface area contributed by atoms with Gasteiger partial charge in [-0.25, -0.2) is 4.68 Å². The number of ketones is 1. The van der Waals surface area contributed by atoms with Gasteiger partial charge in [-0.3, -0.25) is 4.79 Å². The summed E-state index contributed by atoms with van der Waals surface area (Å²) in [5.41, 5.74) is 0.627. The van der Waals surface area contributed by atoms with E-state index in [0.29, 0.717) is 18.0 Å². The van der Waals surface area contributed by atoms with E-state index in [2.05, 4.69) is 10.3 Å². The van der Waals surface area contributed by atoms with Crippen LogP contribution >= 0.6 is 0 Å². The molecule has 4 heteroatoms. The second kappa shape index (κ2) is 2.69. The Morgan fingerprint density at radius 3 is 3.00 bits per heavy atom. The third-order valence-corrected chi connectivity index (χ3v) is 2.17. The van der Waals surface area contributed by atoms with Gasteiger partial charge in [0, 0.05) is 13.5 Å². The summed E-state index contributed by atoms with van der Waals surface area (Å²) in [7, 11) is 1.74. The van der Waals surface area contributed by atoms with Gasteiger partial charge in [-0.1, -0.05) is 5.21 Å². The molecule has 2 rings (SSSR count). The van der Waals surface area contributed by atoms with Gasteiger partial charge >= 0.3 is 0 Å². The van der Waals surface area contributed by atoms with E-state index in [1.165, 1.54) is 23.7 Å². The van der Waals surface area contributed by atoms with Crippen molar-refractivity contribution in [1.29, 1.82) is 0 Å². The standard InChI is InChI=1S/C8H11N3O/c1-11-7(5-9-10-11)8(12)4-6-2-3-6/h5-6H,2-4H2,1H3. The number of Topliss-reactive ketones (excluding diaryl/α,β-unsaturated/α-hetero) is 1. The predicted molar refractivity (Wildman–Crippen MR) is 42.7 cm³/mol. The van der Waals surface area contributed by atoms with Crippen LogP contribution in [0.1, 0.15) is 29.8 Å². The minimum absolute atomic E-state index is 0.171. The van der Waals surface area contributed by atoms with Gasteiger partial charge in [0.15, 0.2) is 5.78 Å². The van der Waals surface area contributed by atoms with Crippen molar-refractivity contribution in [1.82, 2.24) is 15.0 Å². The average Bonchev–Trinajstić information content (AvgIpc) is 2.72. The monoisotopic (exact) mass is 165 g/mol. The lowest BCUT2D eigenvalue weighted by Gasteiger charge is -1.97. The average molecular weight is 165 g/mol. The number of hydrogen-bond donors (Lipinski definition) is 0. The van der Waals surface area contributed by atoms with Crippen molar-refractivity contribution in [2.45, 2.75) is 19.3 Å². The molecule has 1 aliphatic rings. The number of hydrogen-bond acceptors (Lipinski definition) is 3. The molecular formula is C8H11N3O. The molecule has 1 aromatic rings.